The van der Waals surface area contributed by atoms with E-state index in [1.807, 2.05) is 87.3 Å². The maximum atomic E-state index is 12.8. The van der Waals surface area contributed by atoms with E-state index in [2.05, 4.69) is 15.3 Å². The molecule has 2 amide bonds. The van der Waals surface area contributed by atoms with Gasteiger partial charge in [-0.2, -0.15) is 0 Å². The van der Waals surface area contributed by atoms with E-state index in [9.17, 15) is 9.59 Å². The van der Waals surface area contributed by atoms with E-state index < -0.39 is 0 Å². The molecule has 0 spiro atoms. The molecule has 164 valence electrons. The lowest BCUT2D eigenvalue weighted by atomic mass is 10.1. The lowest BCUT2D eigenvalue weighted by molar-refractivity contribution is -0.122. The van der Waals surface area contributed by atoms with Crippen molar-refractivity contribution in [2.45, 2.75) is 27.2 Å². The Morgan fingerprint density at radius 2 is 1.62 bits per heavy atom. The zero-order chi connectivity index (χ0) is 22.8. The van der Waals surface area contributed by atoms with Crippen LogP contribution in [-0.4, -0.2) is 35.4 Å². The number of rotatable bonds is 5. The summed E-state index contributed by atoms with van der Waals surface area (Å²) in [5.41, 5.74) is 5.39. The van der Waals surface area contributed by atoms with E-state index in [0.717, 1.165) is 28.3 Å². The Morgan fingerprint density at radius 1 is 1.00 bits per heavy atom. The summed E-state index contributed by atoms with van der Waals surface area (Å²) in [6.45, 7) is 6.28. The number of aromatic nitrogens is 2. The molecule has 2 heterocycles. The number of nitrogens with zero attached hydrogens (tertiary/aromatic N) is 4. The summed E-state index contributed by atoms with van der Waals surface area (Å²) in [5, 5.41) is 2.94. The van der Waals surface area contributed by atoms with Crippen LogP contribution in [0.3, 0.4) is 0 Å². The van der Waals surface area contributed by atoms with Gasteiger partial charge in [-0.05, 0) is 63.2 Å². The van der Waals surface area contributed by atoms with Gasteiger partial charge in [-0.15, -0.1) is 0 Å². The van der Waals surface area contributed by atoms with E-state index in [4.69, 9.17) is 0 Å². The molecule has 1 atom stereocenters. The molecule has 2 aromatic carbocycles. The second kappa shape index (κ2) is 8.78. The largest absolute Gasteiger partial charge is 0.326 e. The molecule has 0 saturated carbocycles. The fourth-order valence-electron chi connectivity index (χ4n) is 3.84. The second-order valence-electron chi connectivity index (χ2n) is 8.29. The quantitative estimate of drug-likeness (QED) is 0.659. The Kier molecular flexibility index (Phi) is 5.90. The molecule has 0 radical (unpaired) electrons. The van der Waals surface area contributed by atoms with E-state index in [0.29, 0.717) is 18.2 Å². The summed E-state index contributed by atoms with van der Waals surface area (Å²) < 4.78 is 0. The molecular formula is C25H27N5O2. The Balaban J connectivity index is 1.40. The number of hydrogen-bond donors (Lipinski definition) is 1. The first kappa shape index (κ1) is 21.5. The molecule has 3 aromatic rings. The molecule has 1 aliphatic rings. The third-order valence-electron chi connectivity index (χ3n) is 5.63. The predicted molar refractivity (Wildman–Crippen MR) is 126 cm³/mol. The van der Waals surface area contributed by atoms with Crippen molar-refractivity contribution >= 4 is 34.8 Å². The van der Waals surface area contributed by atoms with Gasteiger partial charge in [-0.1, -0.05) is 17.7 Å². The highest BCUT2D eigenvalue weighted by molar-refractivity contribution is 6.03. The predicted octanol–water partition coefficient (Wildman–Crippen LogP) is 4.16. The van der Waals surface area contributed by atoms with Crippen LogP contribution in [0.15, 0.2) is 54.6 Å². The minimum atomic E-state index is -0.380. The first-order chi connectivity index (χ1) is 15.3. The summed E-state index contributed by atoms with van der Waals surface area (Å²) >= 11 is 0. The number of benzene rings is 2. The van der Waals surface area contributed by atoms with Crippen molar-refractivity contribution in [1.29, 1.82) is 0 Å². The number of carbonyl (C=O) groups excluding carboxylic acids is 2. The van der Waals surface area contributed by atoms with Gasteiger partial charge >= 0.3 is 0 Å². The van der Waals surface area contributed by atoms with Gasteiger partial charge in [0.1, 0.15) is 0 Å². The third kappa shape index (κ3) is 4.61. The van der Waals surface area contributed by atoms with Crippen LogP contribution >= 0.6 is 0 Å². The van der Waals surface area contributed by atoms with Crippen molar-refractivity contribution in [1.82, 2.24) is 9.97 Å². The number of amides is 2. The summed E-state index contributed by atoms with van der Waals surface area (Å²) in [7, 11) is 1.91. The minimum Gasteiger partial charge on any atom is -0.326 e. The Hall–Kier alpha value is -3.74. The molecule has 1 fully saturated rings. The van der Waals surface area contributed by atoms with Gasteiger partial charge in [-0.25, -0.2) is 9.97 Å². The molecule has 32 heavy (non-hydrogen) atoms. The average molecular weight is 430 g/mol. The fraction of sp³-hybridized carbons (Fsp3) is 0.280. The van der Waals surface area contributed by atoms with Crippen molar-refractivity contribution in [3.05, 3.63) is 71.5 Å². The average Bonchev–Trinajstić information content (AvgIpc) is 3.15. The normalized spacial score (nSPS) is 15.7. The maximum absolute atomic E-state index is 12.8. The van der Waals surface area contributed by atoms with Crippen LogP contribution in [0.2, 0.25) is 0 Å². The highest BCUT2D eigenvalue weighted by Gasteiger charge is 2.35. The van der Waals surface area contributed by atoms with Gasteiger partial charge in [0, 0.05) is 48.5 Å². The lowest BCUT2D eigenvalue weighted by Crippen LogP contribution is -2.28. The van der Waals surface area contributed by atoms with Gasteiger partial charge in [0.25, 0.3) is 0 Å². The smallest absolute Gasteiger partial charge is 0.230 e. The lowest BCUT2D eigenvalue weighted by Gasteiger charge is -2.19. The van der Waals surface area contributed by atoms with Crippen LogP contribution in [0, 0.1) is 26.7 Å². The highest BCUT2D eigenvalue weighted by Crippen LogP contribution is 2.27. The maximum Gasteiger partial charge on any atom is 0.230 e. The molecule has 1 saturated heterocycles. The zero-order valence-electron chi connectivity index (χ0n) is 18.8. The topological polar surface area (TPSA) is 78.4 Å². The van der Waals surface area contributed by atoms with Crippen molar-refractivity contribution in [2.75, 3.05) is 28.7 Å². The first-order valence-electron chi connectivity index (χ1n) is 10.6. The van der Waals surface area contributed by atoms with Gasteiger partial charge in [-0.3, -0.25) is 9.59 Å². The standard InChI is InChI=1S/C25H27N5O2/c1-16-5-9-22(10-6-16)30-15-19(14-23(30)31)24(32)28-20-7-11-21(12-8-20)29(4)25-26-17(2)13-18(3)27-25/h5-13,19H,14-15H2,1-4H3,(H,28,32). The fourth-order valence-corrected chi connectivity index (χ4v) is 3.84. The van der Waals surface area contributed by atoms with Crippen molar-refractivity contribution in [3.8, 4) is 0 Å². The van der Waals surface area contributed by atoms with Crippen molar-refractivity contribution < 1.29 is 9.59 Å². The molecular weight excluding hydrogens is 402 g/mol. The van der Waals surface area contributed by atoms with Crippen LogP contribution in [0.5, 0.6) is 0 Å². The van der Waals surface area contributed by atoms with E-state index in [-0.39, 0.29) is 24.2 Å². The molecule has 7 nitrogen and oxygen atoms in total. The number of carbonyl (C=O) groups is 2. The van der Waals surface area contributed by atoms with E-state index >= 15 is 0 Å². The number of anilines is 4. The molecule has 0 bridgehead atoms. The van der Waals surface area contributed by atoms with Gasteiger partial charge < -0.3 is 15.1 Å². The zero-order valence-corrected chi connectivity index (χ0v) is 18.8. The number of aryl methyl sites for hydroxylation is 3. The van der Waals surface area contributed by atoms with Crippen molar-refractivity contribution in [2.24, 2.45) is 5.92 Å². The Morgan fingerprint density at radius 3 is 2.25 bits per heavy atom. The molecule has 1 N–H and O–H groups in total. The number of nitrogens with one attached hydrogen (secondary N) is 1. The van der Waals surface area contributed by atoms with E-state index in [1.165, 1.54) is 0 Å². The van der Waals surface area contributed by atoms with Crippen LogP contribution in [-0.2, 0) is 9.59 Å². The molecule has 1 unspecified atom stereocenters. The van der Waals surface area contributed by atoms with Gasteiger partial charge in [0.05, 0.1) is 5.92 Å². The summed E-state index contributed by atoms with van der Waals surface area (Å²) in [4.78, 5) is 37.8. The summed E-state index contributed by atoms with van der Waals surface area (Å²) in [6.07, 6.45) is 0.213. The van der Waals surface area contributed by atoms with Crippen LogP contribution in [0.25, 0.3) is 0 Å². The summed E-state index contributed by atoms with van der Waals surface area (Å²) in [5.74, 6) is 0.0703. The van der Waals surface area contributed by atoms with Crippen LogP contribution in [0.4, 0.5) is 23.0 Å². The van der Waals surface area contributed by atoms with Crippen LogP contribution in [0.1, 0.15) is 23.4 Å². The van der Waals surface area contributed by atoms with Crippen LogP contribution < -0.4 is 15.1 Å². The molecule has 7 heteroatoms. The van der Waals surface area contributed by atoms with Crippen molar-refractivity contribution in [3.63, 3.8) is 0 Å². The minimum absolute atomic E-state index is 0.0283. The Labute approximate surface area is 188 Å². The van der Waals surface area contributed by atoms with E-state index in [1.54, 1.807) is 4.90 Å². The first-order valence-corrected chi connectivity index (χ1v) is 10.6. The molecule has 0 aliphatic carbocycles. The van der Waals surface area contributed by atoms with Gasteiger partial charge in [0.2, 0.25) is 17.8 Å². The molecule has 1 aromatic heterocycles. The Bertz CT molecular complexity index is 1120. The number of hydrogen-bond acceptors (Lipinski definition) is 5. The second-order valence-corrected chi connectivity index (χ2v) is 8.29. The van der Waals surface area contributed by atoms with Gasteiger partial charge in [0.15, 0.2) is 0 Å². The molecule has 1 aliphatic heterocycles. The monoisotopic (exact) mass is 429 g/mol. The SMILES string of the molecule is Cc1ccc(N2CC(C(=O)Nc3ccc(N(C)c4nc(C)cc(C)n4)cc3)CC2=O)cc1. The highest BCUT2D eigenvalue weighted by atomic mass is 16.2. The molecule has 4 rings (SSSR count). The summed E-state index contributed by atoms with van der Waals surface area (Å²) in [6, 6.07) is 17.2. The third-order valence-corrected chi connectivity index (χ3v) is 5.63.